The monoisotopic (exact) mass is 292 g/mol. The van der Waals surface area contributed by atoms with E-state index in [1.807, 2.05) is 45.0 Å². The van der Waals surface area contributed by atoms with Crippen molar-refractivity contribution in [1.29, 1.82) is 0 Å². The summed E-state index contributed by atoms with van der Waals surface area (Å²) in [7, 11) is 0. The Morgan fingerprint density at radius 1 is 1.24 bits per heavy atom. The highest BCUT2D eigenvalue weighted by Crippen LogP contribution is 2.18. The number of amides is 2. The number of carboxylic acid groups (broad SMARTS) is 1. The van der Waals surface area contributed by atoms with Crippen LogP contribution in [-0.4, -0.2) is 41.6 Å². The van der Waals surface area contributed by atoms with Crippen LogP contribution in [0.2, 0.25) is 0 Å². The predicted molar refractivity (Wildman–Crippen MR) is 83.6 cm³/mol. The molecule has 0 saturated carbocycles. The van der Waals surface area contributed by atoms with Crippen LogP contribution in [0.3, 0.4) is 0 Å². The van der Waals surface area contributed by atoms with Gasteiger partial charge in [-0.3, -0.25) is 9.69 Å². The van der Waals surface area contributed by atoms with Crippen LogP contribution in [0.25, 0.3) is 0 Å². The fourth-order valence-corrected chi connectivity index (χ4v) is 2.15. The van der Waals surface area contributed by atoms with Gasteiger partial charge in [0.25, 0.3) is 0 Å². The molecule has 0 saturated heterocycles. The van der Waals surface area contributed by atoms with E-state index < -0.39 is 11.9 Å². The molecule has 0 aliphatic heterocycles. The second-order valence-electron chi connectivity index (χ2n) is 5.14. The van der Waals surface area contributed by atoms with Gasteiger partial charge in [-0.05, 0) is 38.5 Å². The lowest BCUT2D eigenvalue weighted by Gasteiger charge is -2.30. The van der Waals surface area contributed by atoms with Gasteiger partial charge in [-0.1, -0.05) is 19.1 Å². The first-order valence-corrected chi connectivity index (χ1v) is 7.26. The highest BCUT2D eigenvalue weighted by atomic mass is 16.4. The molecule has 2 amide bonds. The molecule has 1 N–H and O–H groups in total. The van der Waals surface area contributed by atoms with Crippen LogP contribution in [0.1, 0.15) is 26.3 Å². The fourth-order valence-electron chi connectivity index (χ4n) is 2.15. The van der Waals surface area contributed by atoms with Gasteiger partial charge in [0.2, 0.25) is 0 Å². The quantitative estimate of drug-likeness (QED) is 0.876. The standard InChI is InChI=1S/C16H24N2O3/c1-5-17(11-13(4)15(19)20)16(21)18(6-2)14-9-7-8-12(3)10-14/h7-10,13H,5-6,11H2,1-4H3,(H,19,20). The number of nitrogens with zero attached hydrogens (tertiary/aromatic N) is 2. The van der Waals surface area contributed by atoms with Gasteiger partial charge in [-0.2, -0.15) is 0 Å². The highest BCUT2D eigenvalue weighted by molar-refractivity contribution is 5.92. The molecule has 116 valence electrons. The van der Waals surface area contributed by atoms with Crippen LogP contribution in [0.5, 0.6) is 0 Å². The zero-order valence-corrected chi connectivity index (χ0v) is 13.2. The Balaban J connectivity index is 2.92. The maximum atomic E-state index is 12.6. The van der Waals surface area contributed by atoms with Crippen LogP contribution in [-0.2, 0) is 4.79 Å². The number of hydrogen-bond acceptors (Lipinski definition) is 2. The summed E-state index contributed by atoms with van der Waals surface area (Å²) in [4.78, 5) is 26.9. The summed E-state index contributed by atoms with van der Waals surface area (Å²) >= 11 is 0. The summed E-state index contributed by atoms with van der Waals surface area (Å²) in [6, 6.07) is 7.58. The van der Waals surface area contributed by atoms with E-state index in [9.17, 15) is 9.59 Å². The van der Waals surface area contributed by atoms with Crippen LogP contribution >= 0.6 is 0 Å². The van der Waals surface area contributed by atoms with E-state index in [4.69, 9.17) is 5.11 Å². The molecule has 5 heteroatoms. The number of aliphatic carboxylic acids is 1. The molecule has 1 atom stereocenters. The lowest BCUT2D eigenvalue weighted by Crippen LogP contribution is -2.45. The molecule has 21 heavy (non-hydrogen) atoms. The van der Waals surface area contributed by atoms with Crippen molar-refractivity contribution in [2.24, 2.45) is 5.92 Å². The average Bonchev–Trinajstić information content (AvgIpc) is 2.45. The lowest BCUT2D eigenvalue weighted by atomic mass is 10.1. The maximum absolute atomic E-state index is 12.6. The van der Waals surface area contributed by atoms with Gasteiger partial charge < -0.3 is 10.0 Å². The third-order valence-corrected chi connectivity index (χ3v) is 3.43. The fraction of sp³-hybridized carbons (Fsp3) is 0.500. The largest absolute Gasteiger partial charge is 0.481 e. The molecule has 1 aromatic rings. The number of carbonyl (C=O) groups excluding carboxylic acids is 1. The topological polar surface area (TPSA) is 60.9 Å². The second-order valence-corrected chi connectivity index (χ2v) is 5.14. The Morgan fingerprint density at radius 3 is 2.38 bits per heavy atom. The molecule has 0 aliphatic rings. The molecule has 0 bridgehead atoms. The smallest absolute Gasteiger partial charge is 0.324 e. The van der Waals surface area contributed by atoms with Crippen molar-refractivity contribution in [1.82, 2.24) is 4.90 Å². The van der Waals surface area contributed by atoms with Crippen molar-refractivity contribution in [3.05, 3.63) is 29.8 Å². The molecule has 1 aromatic carbocycles. The SMILES string of the molecule is CCN(CC(C)C(=O)O)C(=O)N(CC)c1cccc(C)c1. The molecule has 0 spiro atoms. The summed E-state index contributed by atoms with van der Waals surface area (Å²) in [5.41, 5.74) is 1.92. The Bertz CT molecular complexity index is 502. The summed E-state index contributed by atoms with van der Waals surface area (Å²) in [5, 5.41) is 9.01. The summed E-state index contributed by atoms with van der Waals surface area (Å²) in [6.45, 7) is 8.60. The molecule has 0 aromatic heterocycles. The number of carbonyl (C=O) groups is 2. The lowest BCUT2D eigenvalue weighted by molar-refractivity contribution is -0.141. The van der Waals surface area contributed by atoms with Gasteiger partial charge in [0, 0.05) is 25.3 Å². The number of rotatable bonds is 6. The van der Waals surface area contributed by atoms with Gasteiger partial charge in [0.05, 0.1) is 5.92 Å². The van der Waals surface area contributed by atoms with Crippen LogP contribution in [0, 0.1) is 12.8 Å². The molecule has 0 radical (unpaired) electrons. The Hall–Kier alpha value is -2.04. The van der Waals surface area contributed by atoms with Crippen molar-refractivity contribution in [2.75, 3.05) is 24.5 Å². The number of carboxylic acids is 1. The third-order valence-electron chi connectivity index (χ3n) is 3.43. The molecule has 0 heterocycles. The van der Waals surface area contributed by atoms with E-state index in [0.717, 1.165) is 11.3 Å². The molecule has 1 rings (SSSR count). The molecule has 1 unspecified atom stereocenters. The van der Waals surface area contributed by atoms with Crippen LogP contribution in [0.15, 0.2) is 24.3 Å². The molecule has 0 aliphatic carbocycles. The zero-order chi connectivity index (χ0) is 16.0. The van der Waals surface area contributed by atoms with Gasteiger partial charge in [0.1, 0.15) is 0 Å². The van der Waals surface area contributed by atoms with Crippen molar-refractivity contribution in [2.45, 2.75) is 27.7 Å². The number of aryl methyl sites for hydroxylation is 1. The summed E-state index contributed by atoms with van der Waals surface area (Å²) in [5.74, 6) is -1.47. The van der Waals surface area contributed by atoms with Crippen molar-refractivity contribution in [3.8, 4) is 0 Å². The minimum atomic E-state index is -0.889. The zero-order valence-electron chi connectivity index (χ0n) is 13.2. The number of anilines is 1. The first-order chi connectivity index (χ1) is 9.90. The van der Waals surface area contributed by atoms with Crippen molar-refractivity contribution in [3.63, 3.8) is 0 Å². The van der Waals surface area contributed by atoms with E-state index in [0.29, 0.717) is 13.1 Å². The predicted octanol–water partition coefficient (Wildman–Crippen LogP) is 2.98. The number of benzene rings is 1. The van der Waals surface area contributed by atoms with Gasteiger partial charge in [-0.25, -0.2) is 4.79 Å². The molecular formula is C16H24N2O3. The Morgan fingerprint density at radius 2 is 1.90 bits per heavy atom. The minimum Gasteiger partial charge on any atom is -0.481 e. The Kier molecular flexibility index (Phi) is 6.21. The first kappa shape index (κ1) is 17.0. The molecule has 0 fully saturated rings. The summed E-state index contributed by atoms with van der Waals surface area (Å²) < 4.78 is 0. The van der Waals surface area contributed by atoms with E-state index in [-0.39, 0.29) is 12.6 Å². The van der Waals surface area contributed by atoms with Gasteiger partial charge in [-0.15, -0.1) is 0 Å². The van der Waals surface area contributed by atoms with Crippen LogP contribution < -0.4 is 4.90 Å². The van der Waals surface area contributed by atoms with Crippen molar-refractivity contribution >= 4 is 17.7 Å². The average molecular weight is 292 g/mol. The minimum absolute atomic E-state index is 0.154. The second kappa shape index (κ2) is 7.67. The summed E-state index contributed by atoms with van der Waals surface area (Å²) in [6.07, 6.45) is 0. The van der Waals surface area contributed by atoms with Crippen LogP contribution in [0.4, 0.5) is 10.5 Å². The van der Waals surface area contributed by atoms with Gasteiger partial charge in [0.15, 0.2) is 0 Å². The third kappa shape index (κ3) is 4.48. The Labute approximate surface area is 126 Å². The number of urea groups is 1. The first-order valence-electron chi connectivity index (χ1n) is 7.26. The maximum Gasteiger partial charge on any atom is 0.324 e. The van der Waals surface area contributed by atoms with E-state index in [1.54, 1.807) is 16.7 Å². The van der Waals surface area contributed by atoms with E-state index in [2.05, 4.69) is 0 Å². The number of hydrogen-bond donors (Lipinski definition) is 1. The van der Waals surface area contributed by atoms with Gasteiger partial charge >= 0.3 is 12.0 Å². The highest BCUT2D eigenvalue weighted by Gasteiger charge is 2.23. The molecule has 5 nitrogen and oxygen atoms in total. The van der Waals surface area contributed by atoms with Crippen molar-refractivity contribution < 1.29 is 14.7 Å². The van der Waals surface area contributed by atoms with E-state index >= 15 is 0 Å². The molecular weight excluding hydrogens is 268 g/mol. The van der Waals surface area contributed by atoms with E-state index in [1.165, 1.54) is 0 Å². The normalized spacial score (nSPS) is 11.8.